The zero-order valence-corrected chi connectivity index (χ0v) is 13.9. The van der Waals surface area contributed by atoms with Crippen LogP contribution in [0.3, 0.4) is 0 Å². The van der Waals surface area contributed by atoms with Crippen molar-refractivity contribution in [2.75, 3.05) is 0 Å². The minimum atomic E-state index is -0.734. The first-order valence-electron chi connectivity index (χ1n) is 5.84. The minimum absolute atomic E-state index is 0.734. The lowest BCUT2D eigenvalue weighted by molar-refractivity contribution is -0.0809. The van der Waals surface area contributed by atoms with Crippen molar-refractivity contribution in [2.45, 2.75) is 19.6 Å². The summed E-state index contributed by atoms with van der Waals surface area (Å²) >= 11 is 6.79. The average molecular weight is 386 g/mol. The molecule has 2 nitrogen and oxygen atoms in total. The number of hydrogen-bond acceptors (Lipinski definition) is 2. The minimum Gasteiger partial charge on any atom is -0.453 e. The predicted molar refractivity (Wildman–Crippen MR) is 83.6 cm³/mol. The first-order valence-corrected chi connectivity index (χ1v) is 7.42. The molecule has 0 bridgehead atoms. The Morgan fingerprint density at radius 3 is 1.32 bits per heavy atom. The summed E-state index contributed by atoms with van der Waals surface area (Å²) in [6, 6.07) is 15.3. The Labute approximate surface area is 130 Å². The second kappa shape index (κ2) is 5.97. The molecule has 0 radical (unpaired) electrons. The van der Waals surface area contributed by atoms with Gasteiger partial charge < -0.3 is 9.47 Å². The molecular formula is C15H14Br2O2. The van der Waals surface area contributed by atoms with Crippen molar-refractivity contribution in [3.05, 3.63) is 57.5 Å². The van der Waals surface area contributed by atoms with E-state index in [-0.39, 0.29) is 0 Å². The summed E-state index contributed by atoms with van der Waals surface area (Å²) in [5.74, 6) is 0.803. The number of hydrogen-bond donors (Lipinski definition) is 0. The largest absolute Gasteiger partial charge is 0.453 e. The first kappa shape index (κ1) is 14.4. The normalized spacial score (nSPS) is 11.2. The van der Waals surface area contributed by atoms with Crippen molar-refractivity contribution in [3.8, 4) is 11.5 Å². The third-order valence-electron chi connectivity index (χ3n) is 2.35. The quantitative estimate of drug-likeness (QED) is 0.655. The smallest absolute Gasteiger partial charge is 0.245 e. The fourth-order valence-electron chi connectivity index (χ4n) is 1.59. The molecule has 0 spiro atoms. The van der Waals surface area contributed by atoms with E-state index in [1.807, 2.05) is 62.4 Å². The molecule has 0 aliphatic carbocycles. The van der Waals surface area contributed by atoms with Gasteiger partial charge in [0, 0.05) is 22.8 Å². The lowest BCUT2D eigenvalue weighted by Gasteiger charge is -2.27. The predicted octanol–water partition coefficient (Wildman–Crippen LogP) is 5.41. The van der Waals surface area contributed by atoms with Gasteiger partial charge in [0.2, 0.25) is 5.79 Å². The summed E-state index contributed by atoms with van der Waals surface area (Å²) in [7, 11) is 0. The number of rotatable bonds is 4. The first-order chi connectivity index (χ1) is 8.94. The zero-order valence-electron chi connectivity index (χ0n) is 10.7. The molecule has 0 heterocycles. The summed E-state index contributed by atoms with van der Waals surface area (Å²) in [5.41, 5.74) is 0. The van der Waals surface area contributed by atoms with Crippen LogP contribution in [0.5, 0.6) is 11.5 Å². The fraction of sp³-hybridized carbons (Fsp3) is 0.200. The van der Waals surface area contributed by atoms with E-state index in [2.05, 4.69) is 31.9 Å². The summed E-state index contributed by atoms with van der Waals surface area (Å²) in [6.45, 7) is 3.77. The van der Waals surface area contributed by atoms with E-state index >= 15 is 0 Å². The average Bonchev–Trinajstić information content (AvgIpc) is 2.34. The van der Waals surface area contributed by atoms with E-state index in [1.165, 1.54) is 0 Å². The van der Waals surface area contributed by atoms with Crippen molar-refractivity contribution >= 4 is 31.9 Å². The van der Waals surface area contributed by atoms with Gasteiger partial charge in [-0.05, 0) is 48.5 Å². The van der Waals surface area contributed by atoms with Gasteiger partial charge in [-0.15, -0.1) is 0 Å². The lowest BCUT2D eigenvalue weighted by atomic mass is 10.3. The zero-order chi connectivity index (χ0) is 13.9. The van der Waals surface area contributed by atoms with E-state index in [0.717, 1.165) is 20.4 Å². The molecule has 100 valence electrons. The maximum atomic E-state index is 5.84. The summed E-state index contributed by atoms with van der Waals surface area (Å²) < 4.78 is 13.7. The molecule has 0 N–H and O–H groups in total. The Morgan fingerprint density at radius 2 is 1.00 bits per heavy atom. The van der Waals surface area contributed by atoms with Crippen LogP contribution in [0.15, 0.2) is 57.5 Å². The van der Waals surface area contributed by atoms with Gasteiger partial charge >= 0.3 is 0 Å². The van der Waals surface area contributed by atoms with E-state index < -0.39 is 5.79 Å². The van der Waals surface area contributed by atoms with Crippen LogP contribution in [-0.4, -0.2) is 5.79 Å². The van der Waals surface area contributed by atoms with Crippen LogP contribution in [0.4, 0.5) is 0 Å². The van der Waals surface area contributed by atoms with Crippen molar-refractivity contribution < 1.29 is 9.47 Å². The van der Waals surface area contributed by atoms with Crippen LogP contribution >= 0.6 is 31.9 Å². The standard InChI is InChI=1S/C15H14Br2O2/c1-15(2,18-13-7-3-11(16)4-8-13)19-14-9-5-12(17)6-10-14/h3-10H,1-2H3. The van der Waals surface area contributed by atoms with Gasteiger partial charge in [0.05, 0.1) is 0 Å². The number of halogens is 2. The molecule has 0 saturated carbocycles. The molecule has 0 aliphatic heterocycles. The Kier molecular flexibility index (Phi) is 4.53. The summed E-state index contributed by atoms with van der Waals surface area (Å²) in [6.07, 6.45) is 0. The van der Waals surface area contributed by atoms with E-state index in [0.29, 0.717) is 0 Å². The Balaban J connectivity index is 2.05. The Morgan fingerprint density at radius 1 is 0.684 bits per heavy atom. The van der Waals surface area contributed by atoms with Crippen molar-refractivity contribution in [1.82, 2.24) is 0 Å². The van der Waals surface area contributed by atoms with Crippen molar-refractivity contribution in [3.63, 3.8) is 0 Å². The van der Waals surface area contributed by atoms with Gasteiger partial charge in [-0.25, -0.2) is 0 Å². The highest BCUT2D eigenvalue weighted by atomic mass is 79.9. The third kappa shape index (κ3) is 4.55. The molecule has 4 heteroatoms. The highest BCUT2D eigenvalue weighted by Crippen LogP contribution is 2.25. The summed E-state index contributed by atoms with van der Waals surface area (Å²) in [4.78, 5) is 0. The van der Waals surface area contributed by atoms with Crippen LogP contribution in [-0.2, 0) is 0 Å². The van der Waals surface area contributed by atoms with Gasteiger partial charge in [0.1, 0.15) is 11.5 Å². The van der Waals surface area contributed by atoms with Crippen molar-refractivity contribution in [2.24, 2.45) is 0 Å². The van der Waals surface area contributed by atoms with Gasteiger partial charge in [-0.3, -0.25) is 0 Å². The molecule has 0 amide bonds. The number of ether oxygens (including phenoxy) is 2. The summed E-state index contributed by atoms with van der Waals surface area (Å²) in [5, 5.41) is 0. The Bertz CT molecular complexity index is 484. The second-order valence-electron chi connectivity index (χ2n) is 4.51. The molecule has 0 aromatic heterocycles. The molecule has 0 unspecified atom stereocenters. The topological polar surface area (TPSA) is 18.5 Å². The molecule has 0 saturated heterocycles. The van der Waals surface area contributed by atoms with Crippen LogP contribution < -0.4 is 9.47 Å². The highest BCUT2D eigenvalue weighted by molar-refractivity contribution is 9.10. The molecular weight excluding hydrogens is 372 g/mol. The molecule has 0 fully saturated rings. The van der Waals surface area contributed by atoms with Crippen molar-refractivity contribution in [1.29, 1.82) is 0 Å². The van der Waals surface area contributed by atoms with Gasteiger partial charge in [0.25, 0.3) is 0 Å². The highest BCUT2D eigenvalue weighted by Gasteiger charge is 2.21. The van der Waals surface area contributed by atoms with E-state index in [4.69, 9.17) is 9.47 Å². The van der Waals surface area contributed by atoms with Crippen LogP contribution in [0, 0.1) is 0 Å². The van der Waals surface area contributed by atoms with Crippen LogP contribution in [0.1, 0.15) is 13.8 Å². The molecule has 2 rings (SSSR count). The van der Waals surface area contributed by atoms with Crippen LogP contribution in [0.25, 0.3) is 0 Å². The van der Waals surface area contributed by atoms with E-state index in [9.17, 15) is 0 Å². The van der Waals surface area contributed by atoms with E-state index in [1.54, 1.807) is 0 Å². The maximum Gasteiger partial charge on any atom is 0.245 e. The molecule has 2 aromatic rings. The third-order valence-corrected chi connectivity index (χ3v) is 3.41. The van der Waals surface area contributed by atoms with Gasteiger partial charge in [0.15, 0.2) is 0 Å². The second-order valence-corrected chi connectivity index (χ2v) is 6.34. The van der Waals surface area contributed by atoms with Gasteiger partial charge in [-0.2, -0.15) is 0 Å². The maximum absolute atomic E-state index is 5.84. The molecule has 2 aromatic carbocycles. The SMILES string of the molecule is CC(C)(Oc1ccc(Br)cc1)Oc1ccc(Br)cc1. The van der Waals surface area contributed by atoms with Gasteiger partial charge in [-0.1, -0.05) is 31.9 Å². The fourth-order valence-corrected chi connectivity index (χ4v) is 2.12. The molecule has 19 heavy (non-hydrogen) atoms. The lowest BCUT2D eigenvalue weighted by Crippen LogP contribution is -2.35. The monoisotopic (exact) mass is 384 g/mol. The molecule has 0 atom stereocenters. The number of benzene rings is 2. The molecule has 0 aliphatic rings. The Hall–Kier alpha value is -1.00. The van der Waals surface area contributed by atoms with Crippen LogP contribution in [0.2, 0.25) is 0 Å².